The first-order valence-electron chi connectivity index (χ1n) is 8.86. The lowest BCUT2D eigenvalue weighted by Gasteiger charge is -2.22. The molecular weight excluding hydrogens is 352 g/mol. The molecule has 2 rings (SSSR count). The lowest BCUT2D eigenvalue weighted by molar-refractivity contribution is -0.140. The predicted octanol–water partition coefficient (Wildman–Crippen LogP) is 2.20. The van der Waals surface area contributed by atoms with Gasteiger partial charge in [0.15, 0.2) is 0 Å². The van der Waals surface area contributed by atoms with Gasteiger partial charge < -0.3 is 4.90 Å². The Morgan fingerprint density at radius 1 is 1.27 bits per heavy atom. The summed E-state index contributed by atoms with van der Waals surface area (Å²) in [5, 5.41) is 0. The van der Waals surface area contributed by atoms with Crippen molar-refractivity contribution < 1.29 is 18.0 Å². The molecule has 6 nitrogen and oxygen atoms in total. The van der Waals surface area contributed by atoms with Gasteiger partial charge in [0.05, 0.1) is 4.90 Å². The standard InChI is InChI=1S/C19H26N2O4S/c1-5-21(6-2)19(23)14(4)18(22)20-26(24,25)17-10-9-15-8-7-13(3)11-16(15)12-17/h7-10,12-14H,5-6,11H2,1-4H3,(H,20,22). The summed E-state index contributed by atoms with van der Waals surface area (Å²) in [4.78, 5) is 26.1. The van der Waals surface area contributed by atoms with Crippen LogP contribution >= 0.6 is 0 Å². The highest BCUT2D eigenvalue weighted by Crippen LogP contribution is 2.25. The number of fused-ring (bicyclic) bond motifs is 1. The third kappa shape index (κ3) is 4.33. The molecule has 1 aliphatic carbocycles. The predicted molar refractivity (Wildman–Crippen MR) is 101 cm³/mol. The molecule has 7 heteroatoms. The number of benzene rings is 1. The molecule has 0 saturated heterocycles. The Bertz CT molecular complexity index is 826. The first-order chi connectivity index (χ1) is 12.2. The van der Waals surface area contributed by atoms with Crippen molar-refractivity contribution in [3.63, 3.8) is 0 Å². The number of rotatable bonds is 6. The lowest BCUT2D eigenvalue weighted by Crippen LogP contribution is -2.44. The molecule has 0 saturated carbocycles. The summed E-state index contributed by atoms with van der Waals surface area (Å²) in [5.74, 6) is -1.92. The van der Waals surface area contributed by atoms with E-state index < -0.39 is 21.8 Å². The third-order valence-corrected chi connectivity index (χ3v) is 5.99. The second-order valence-corrected chi connectivity index (χ2v) is 8.29. The van der Waals surface area contributed by atoms with Gasteiger partial charge >= 0.3 is 0 Å². The van der Waals surface area contributed by atoms with E-state index in [1.54, 1.807) is 12.1 Å². The molecule has 0 bridgehead atoms. The quantitative estimate of drug-likeness (QED) is 0.769. The minimum absolute atomic E-state index is 0.0367. The van der Waals surface area contributed by atoms with E-state index in [0.717, 1.165) is 17.5 Å². The minimum atomic E-state index is -4.02. The smallest absolute Gasteiger partial charge is 0.264 e. The van der Waals surface area contributed by atoms with Gasteiger partial charge in [0.25, 0.3) is 10.0 Å². The molecule has 0 fully saturated rings. The largest absolute Gasteiger partial charge is 0.343 e. The highest BCUT2D eigenvalue weighted by Gasteiger charge is 2.29. The van der Waals surface area contributed by atoms with Gasteiger partial charge in [0.2, 0.25) is 11.8 Å². The number of carbonyl (C=O) groups is 2. The normalized spacial score (nSPS) is 17.3. The van der Waals surface area contributed by atoms with Gasteiger partial charge in [-0.2, -0.15) is 0 Å². The fourth-order valence-electron chi connectivity index (χ4n) is 2.97. The van der Waals surface area contributed by atoms with Crippen molar-refractivity contribution in [1.29, 1.82) is 0 Å². The van der Waals surface area contributed by atoms with Crippen molar-refractivity contribution in [2.24, 2.45) is 11.8 Å². The number of hydrogen-bond donors (Lipinski definition) is 1. The van der Waals surface area contributed by atoms with Crippen molar-refractivity contribution in [2.45, 2.75) is 39.0 Å². The number of nitrogens with one attached hydrogen (secondary N) is 1. The maximum atomic E-state index is 12.6. The van der Waals surface area contributed by atoms with E-state index in [9.17, 15) is 18.0 Å². The van der Waals surface area contributed by atoms with Crippen LogP contribution in [0.3, 0.4) is 0 Å². The number of allylic oxidation sites excluding steroid dienone is 1. The first kappa shape index (κ1) is 20.2. The maximum absolute atomic E-state index is 12.6. The Morgan fingerprint density at radius 2 is 1.92 bits per heavy atom. The van der Waals surface area contributed by atoms with Crippen molar-refractivity contribution in [3.8, 4) is 0 Å². The average Bonchev–Trinajstić information content (AvgIpc) is 2.60. The number of sulfonamides is 1. The maximum Gasteiger partial charge on any atom is 0.264 e. The molecule has 0 radical (unpaired) electrons. The molecule has 2 unspecified atom stereocenters. The molecule has 0 heterocycles. The number of carbonyl (C=O) groups excluding carboxylic acids is 2. The second kappa shape index (κ2) is 8.03. The topological polar surface area (TPSA) is 83.6 Å². The molecule has 1 aromatic rings. The molecule has 26 heavy (non-hydrogen) atoms. The van der Waals surface area contributed by atoms with E-state index in [0.29, 0.717) is 19.0 Å². The van der Waals surface area contributed by atoms with Gasteiger partial charge in [-0.15, -0.1) is 0 Å². The number of amides is 2. The van der Waals surface area contributed by atoms with E-state index in [4.69, 9.17) is 0 Å². The van der Waals surface area contributed by atoms with Crippen LogP contribution in [0.4, 0.5) is 0 Å². The van der Waals surface area contributed by atoms with Crippen LogP contribution < -0.4 is 4.72 Å². The molecule has 142 valence electrons. The van der Waals surface area contributed by atoms with Crippen LogP contribution in [0.2, 0.25) is 0 Å². The molecule has 2 atom stereocenters. The highest BCUT2D eigenvalue weighted by molar-refractivity contribution is 7.90. The Morgan fingerprint density at radius 3 is 2.54 bits per heavy atom. The average molecular weight is 378 g/mol. The number of nitrogens with zero attached hydrogens (tertiary/aromatic N) is 1. The van der Waals surface area contributed by atoms with Crippen molar-refractivity contribution >= 4 is 27.9 Å². The van der Waals surface area contributed by atoms with E-state index in [-0.39, 0.29) is 10.8 Å². The summed E-state index contributed by atoms with van der Waals surface area (Å²) < 4.78 is 27.2. The molecular formula is C19H26N2O4S. The highest BCUT2D eigenvalue weighted by atomic mass is 32.2. The van der Waals surface area contributed by atoms with Gasteiger partial charge in [-0.05, 0) is 56.4 Å². The van der Waals surface area contributed by atoms with Crippen molar-refractivity contribution in [3.05, 3.63) is 35.4 Å². The van der Waals surface area contributed by atoms with Crippen molar-refractivity contribution in [1.82, 2.24) is 9.62 Å². The van der Waals surface area contributed by atoms with Crippen LogP contribution in [-0.2, 0) is 26.0 Å². The fourth-order valence-corrected chi connectivity index (χ4v) is 4.08. The van der Waals surface area contributed by atoms with Gasteiger partial charge in [-0.1, -0.05) is 25.1 Å². The van der Waals surface area contributed by atoms with Crippen LogP contribution in [0.1, 0.15) is 38.8 Å². The SMILES string of the molecule is CCN(CC)C(=O)C(C)C(=O)NS(=O)(=O)c1ccc2c(c1)CC(C)C=C2. The first-order valence-corrected chi connectivity index (χ1v) is 10.3. The summed E-state index contributed by atoms with van der Waals surface area (Å²) in [5.41, 5.74) is 1.92. The molecule has 0 aromatic heterocycles. The molecule has 1 aliphatic rings. The van der Waals surface area contributed by atoms with Crippen molar-refractivity contribution in [2.75, 3.05) is 13.1 Å². The minimum Gasteiger partial charge on any atom is -0.343 e. The zero-order chi connectivity index (χ0) is 19.5. The fraction of sp³-hybridized carbons (Fsp3) is 0.474. The molecule has 1 aromatic carbocycles. The van der Waals surface area contributed by atoms with Gasteiger partial charge in [0, 0.05) is 13.1 Å². The van der Waals surface area contributed by atoms with Crippen LogP contribution in [0.25, 0.3) is 6.08 Å². The molecule has 0 aliphatic heterocycles. The van der Waals surface area contributed by atoms with E-state index in [2.05, 4.69) is 13.0 Å². The Labute approximate surface area is 155 Å². The van der Waals surface area contributed by atoms with Gasteiger partial charge in [-0.25, -0.2) is 13.1 Å². The summed E-state index contributed by atoms with van der Waals surface area (Å²) in [7, 11) is -4.02. The monoisotopic (exact) mass is 378 g/mol. The second-order valence-electron chi connectivity index (χ2n) is 6.60. The summed E-state index contributed by atoms with van der Waals surface area (Å²) in [6, 6.07) is 4.81. The van der Waals surface area contributed by atoms with E-state index >= 15 is 0 Å². The number of hydrogen-bond acceptors (Lipinski definition) is 4. The summed E-state index contributed by atoms with van der Waals surface area (Å²) >= 11 is 0. The van der Waals surface area contributed by atoms with Crippen LogP contribution in [0.5, 0.6) is 0 Å². The zero-order valence-electron chi connectivity index (χ0n) is 15.7. The third-order valence-electron chi connectivity index (χ3n) is 4.64. The van der Waals surface area contributed by atoms with Gasteiger partial charge in [0.1, 0.15) is 5.92 Å². The van der Waals surface area contributed by atoms with E-state index in [1.807, 2.05) is 24.6 Å². The van der Waals surface area contributed by atoms with E-state index in [1.165, 1.54) is 17.9 Å². The summed E-state index contributed by atoms with van der Waals surface area (Å²) in [6.45, 7) is 8.04. The molecule has 0 spiro atoms. The Kier molecular flexibility index (Phi) is 6.23. The van der Waals surface area contributed by atoms with Crippen LogP contribution in [-0.4, -0.2) is 38.2 Å². The zero-order valence-corrected chi connectivity index (χ0v) is 16.5. The Balaban J connectivity index is 2.18. The van der Waals surface area contributed by atoms with Crippen LogP contribution in [0, 0.1) is 11.8 Å². The summed E-state index contributed by atoms with van der Waals surface area (Å²) in [6.07, 6.45) is 4.81. The molecule has 1 N–H and O–H groups in total. The lowest BCUT2D eigenvalue weighted by atomic mass is 9.91. The Hall–Kier alpha value is -2.15. The molecule has 2 amide bonds. The van der Waals surface area contributed by atoms with Crippen LogP contribution in [0.15, 0.2) is 29.2 Å². The van der Waals surface area contributed by atoms with Gasteiger partial charge in [-0.3, -0.25) is 9.59 Å².